The van der Waals surface area contributed by atoms with Gasteiger partial charge >= 0.3 is 0 Å². The highest BCUT2D eigenvalue weighted by atomic mass is 32.1. The van der Waals surface area contributed by atoms with E-state index in [1.54, 1.807) is 41.6 Å². The standard InChI is InChI=1S/C20H18N4O3S/c1-11-7-12(2)18-16(8-11)23-19(25)17(28-20(23)21-18)10-13-5-6-14(22(3)4)15(9-13)24(26)27/h5-10H,1-4H3/b17-10-. The molecule has 0 aliphatic carbocycles. The normalized spacial score (nSPS) is 12.2. The molecular formula is C20H18N4O3S. The molecule has 0 atom stereocenters. The molecule has 2 aromatic heterocycles. The number of aromatic nitrogens is 2. The van der Waals surface area contributed by atoms with E-state index in [-0.39, 0.29) is 11.2 Å². The SMILES string of the molecule is Cc1cc(C)c2nc3s/c(=C\c4ccc(N(C)C)c([N+](=O)[O-])c4)c(=O)n3c2c1. The molecule has 7 nitrogen and oxygen atoms in total. The van der Waals surface area contributed by atoms with Crippen molar-refractivity contribution >= 4 is 44.8 Å². The summed E-state index contributed by atoms with van der Waals surface area (Å²) in [6, 6.07) is 8.95. The molecule has 2 aromatic carbocycles. The van der Waals surface area contributed by atoms with E-state index in [9.17, 15) is 14.9 Å². The highest BCUT2D eigenvalue weighted by Crippen LogP contribution is 2.28. The second-order valence-electron chi connectivity index (χ2n) is 6.99. The Morgan fingerprint density at radius 2 is 1.96 bits per heavy atom. The van der Waals surface area contributed by atoms with Crippen LogP contribution in [-0.2, 0) is 0 Å². The third-order valence-electron chi connectivity index (χ3n) is 4.66. The lowest BCUT2D eigenvalue weighted by atomic mass is 10.1. The molecule has 0 fully saturated rings. The van der Waals surface area contributed by atoms with Gasteiger partial charge in [-0.25, -0.2) is 9.38 Å². The number of benzene rings is 2. The molecule has 0 spiro atoms. The van der Waals surface area contributed by atoms with Crippen molar-refractivity contribution < 1.29 is 4.92 Å². The number of nitrogens with zero attached hydrogens (tertiary/aromatic N) is 4. The van der Waals surface area contributed by atoms with Crippen LogP contribution in [0.5, 0.6) is 0 Å². The summed E-state index contributed by atoms with van der Waals surface area (Å²) in [6.07, 6.45) is 1.68. The first-order chi connectivity index (χ1) is 13.3. The largest absolute Gasteiger partial charge is 0.372 e. The summed E-state index contributed by atoms with van der Waals surface area (Å²) in [4.78, 5) is 30.9. The Morgan fingerprint density at radius 1 is 1.21 bits per heavy atom. The highest BCUT2D eigenvalue weighted by molar-refractivity contribution is 7.15. The third-order valence-corrected chi connectivity index (χ3v) is 5.62. The maximum atomic E-state index is 13.0. The highest BCUT2D eigenvalue weighted by Gasteiger charge is 2.17. The fraction of sp³-hybridized carbons (Fsp3) is 0.200. The molecule has 0 radical (unpaired) electrons. The predicted molar refractivity (Wildman–Crippen MR) is 113 cm³/mol. The number of anilines is 1. The van der Waals surface area contributed by atoms with Gasteiger partial charge in [0, 0.05) is 20.2 Å². The van der Waals surface area contributed by atoms with Gasteiger partial charge in [0.1, 0.15) is 5.69 Å². The van der Waals surface area contributed by atoms with E-state index in [2.05, 4.69) is 4.98 Å². The molecule has 0 aliphatic rings. The van der Waals surface area contributed by atoms with E-state index in [0.717, 1.165) is 22.2 Å². The quantitative estimate of drug-likeness (QED) is 0.394. The Labute approximate surface area is 164 Å². The van der Waals surface area contributed by atoms with Gasteiger partial charge in [-0.3, -0.25) is 14.9 Å². The van der Waals surface area contributed by atoms with Crippen LogP contribution in [0.25, 0.3) is 22.1 Å². The number of nitro benzene ring substituents is 1. The fourth-order valence-electron chi connectivity index (χ4n) is 3.42. The Balaban J connectivity index is 1.94. The molecule has 0 aliphatic heterocycles. The van der Waals surface area contributed by atoms with Gasteiger partial charge in [-0.15, -0.1) is 0 Å². The average Bonchev–Trinajstić information content (AvgIpc) is 3.12. The van der Waals surface area contributed by atoms with Crippen LogP contribution in [0.3, 0.4) is 0 Å². The molecule has 8 heteroatoms. The molecule has 0 unspecified atom stereocenters. The molecule has 142 valence electrons. The summed E-state index contributed by atoms with van der Waals surface area (Å²) in [5, 5.41) is 11.4. The minimum absolute atomic E-state index is 0.00392. The van der Waals surface area contributed by atoms with Gasteiger partial charge in [0.2, 0.25) is 0 Å². The van der Waals surface area contributed by atoms with Gasteiger partial charge < -0.3 is 4.90 Å². The fourth-order valence-corrected chi connectivity index (χ4v) is 4.40. The van der Waals surface area contributed by atoms with Crippen LogP contribution in [0.1, 0.15) is 16.7 Å². The Hall–Kier alpha value is -3.26. The van der Waals surface area contributed by atoms with Crippen LogP contribution in [0.2, 0.25) is 0 Å². The first-order valence-corrected chi connectivity index (χ1v) is 9.47. The Morgan fingerprint density at radius 3 is 2.64 bits per heavy atom. The van der Waals surface area contributed by atoms with Crippen molar-refractivity contribution in [3.63, 3.8) is 0 Å². The number of rotatable bonds is 3. The van der Waals surface area contributed by atoms with Crippen molar-refractivity contribution in [1.82, 2.24) is 9.38 Å². The monoisotopic (exact) mass is 394 g/mol. The van der Waals surface area contributed by atoms with Crippen molar-refractivity contribution in [3.05, 3.63) is 72.0 Å². The summed E-state index contributed by atoms with van der Waals surface area (Å²) < 4.78 is 2.12. The van der Waals surface area contributed by atoms with Crippen LogP contribution in [-0.4, -0.2) is 28.4 Å². The van der Waals surface area contributed by atoms with E-state index in [1.807, 2.05) is 26.0 Å². The lowest BCUT2D eigenvalue weighted by Gasteiger charge is -2.12. The van der Waals surface area contributed by atoms with E-state index in [1.165, 1.54) is 17.4 Å². The van der Waals surface area contributed by atoms with Crippen LogP contribution >= 0.6 is 11.3 Å². The summed E-state index contributed by atoms with van der Waals surface area (Å²) in [5.41, 5.74) is 4.69. The maximum absolute atomic E-state index is 13.0. The molecular weight excluding hydrogens is 376 g/mol. The van der Waals surface area contributed by atoms with Gasteiger partial charge in [-0.2, -0.15) is 0 Å². The number of aryl methyl sites for hydroxylation is 2. The van der Waals surface area contributed by atoms with Crippen molar-refractivity contribution in [1.29, 1.82) is 0 Å². The second kappa shape index (κ2) is 6.42. The van der Waals surface area contributed by atoms with E-state index < -0.39 is 4.92 Å². The summed E-state index contributed by atoms with van der Waals surface area (Å²) in [7, 11) is 3.51. The number of hydrogen-bond acceptors (Lipinski definition) is 6. The molecule has 2 heterocycles. The van der Waals surface area contributed by atoms with Crippen molar-refractivity contribution in [2.24, 2.45) is 0 Å². The first-order valence-electron chi connectivity index (χ1n) is 8.66. The lowest BCUT2D eigenvalue weighted by molar-refractivity contribution is -0.384. The van der Waals surface area contributed by atoms with Crippen LogP contribution in [0.15, 0.2) is 35.1 Å². The number of hydrogen-bond donors (Lipinski definition) is 0. The molecule has 0 amide bonds. The van der Waals surface area contributed by atoms with Crippen LogP contribution in [0, 0.1) is 24.0 Å². The molecule has 0 bridgehead atoms. The van der Waals surface area contributed by atoms with E-state index in [0.29, 0.717) is 20.7 Å². The second-order valence-corrected chi connectivity index (χ2v) is 8.00. The molecule has 28 heavy (non-hydrogen) atoms. The van der Waals surface area contributed by atoms with Gasteiger partial charge in [0.15, 0.2) is 4.96 Å². The molecule has 4 aromatic rings. The summed E-state index contributed by atoms with van der Waals surface area (Å²) >= 11 is 1.29. The van der Waals surface area contributed by atoms with E-state index in [4.69, 9.17) is 0 Å². The zero-order valence-corrected chi connectivity index (χ0v) is 16.7. The zero-order chi connectivity index (χ0) is 20.2. The number of thiazole rings is 1. The molecule has 4 rings (SSSR count). The predicted octanol–water partition coefficient (Wildman–Crippen LogP) is 3.05. The zero-order valence-electron chi connectivity index (χ0n) is 15.9. The van der Waals surface area contributed by atoms with Crippen molar-refractivity contribution in [2.75, 3.05) is 19.0 Å². The minimum atomic E-state index is -0.412. The maximum Gasteiger partial charge on any atom is 0.293 e. The lowest BCUT2D eigenvalue weighted by Crippen LogP contribution is -2.22. The molecule has 0 saturated carbocycles. The van der Waals surface area contributed by atoms with Crippen molar-refractivity contribution in [2.45, 2.75) is 13.8 Å². The Kier molecular flexibility index (Phi) is 4.15. The van der Waals surface area contributed by atoms with Gasteiger partial charge in [0.05, 0.1) is 20.5 Å². The number of nitro groups is 1. The minimum Gasteiger partial charge on any atom is -0.372 e. The Bertz CT molecular complexity index is 1370. The van der Waals surface area contributed by atoms with Gasteiger partial charge in [-0.05, 0) is 48.7 Å². The van der Waals surface area contributed by atoms with Crippen molar-refractivity contribution in [3.8, 4) is 0 Å². The van der Waals surface area contributed by atoms with Gasteiger partial charge in [-0.1, -0.05) is 23.5 Å². The first kappa shape index (κ1) is 18.1. The molecule has 0 N–H and O–H groups in total. The smallest absolute Gasteiger partial charge is 0.293 e. The number of fused-ring (bicyclic) bond motifs is 3. The summed E-state index contributed by atoms with van der Waals surface area (Å²) in [6.45, 7) is 3.97. The summed E-state index contributed by atoms with van der Waals surface area (Å²) in [5.74, 6) is 0. The van der Waals surface area contributed by atoms with Crippen LogP contribution in [0.4, 0.5) is 11.4 Å². The van der Waals surface area contributed by atoms with Gasteiger partial charge in [0.25, 0.3) is 11.2 Å². The third kappa shape index (κ3) is 2.82. The van der Waals surface area contributed by atoms with E-state index >= 15 is 0 Å². The topological polar surface area (TPSA) is 80.8 Å². The molecule has 0 saturated heterocycles. The number of imidazole rings is 1. The average molecular weight is 394 g/mol. The van der Waals surface area contributed by atoms with Crippen LogP contribution < -0.4 is 15.0 Å².